The number of methoxy groups -OCH3 is 2. The van der Waals surface area contributed by atoms with Crippen molar-refractivity contribution in [2.45, 2.75) is 0 Å². The molecule has 6 nitrogen and oxygen atoms in total. The van der Waals surface area contributed by atoms with Crippen LogP contribution in [0.2, 0.25) is 0 Å². The van der Waals surface area contributed by atoms with Gasteiger partial charge in [-0.25, -0.2) is 4.79 Å². The number of carbonyl (C=O) groups is 1. The van der Waals surface area contributed by atoms with Crippen molar-refractivity contribution in [1.29, 1.82) is 0 Å². The maximum atomic E-state index is 12.4. The number of esters is 1. The summed E-state index contributed by atoms with van der Waals surface area (Å²) in [4.78, 5) is 10.9. The third-order valence-corrected chi connectivity index (χ3v) is 1.59. The molecular formula is C10H16F2O6. The Morgan fingerprint density at radius 1 is 1.00 bits per heavy atom. The molecule has 8 heteroatoms. The lowest BCUT2D eigenvalue weighted by atomic mass is 10.5. The Hall–Kier alpha value is -1.25. The SMILES string of the molecule is COCCOCOC(COC(=O)COC)=C(F)F. The monoisotopic (exact) mass is 270 g/mol. The zero-order valence-corrected chi connectivity index (χ0v) is 10.2. The molecule has 0 amide bonds. The van der Waals surface area contributed by atoms with Gasteiger partial charge in [0, 0.05) is 14.2 Å². The van der Waals surface area contributed by atoms with Crippen LogP contribution in [-0.4, -0.2) is 53.4 Å². The highest BCUT2D eigenvalue weighted by Gasteiger charge is 2.11. The molecule has 0 aromatic heterocycles. The van der Waals surface area contributed by atoms with Gasteiger partial charge in [-0.1, -0.05) is 0 Å². The van der Waals surface area contributed by atoms with Gasteiger partial charge in [0.15, 0.2) is 13.4 Å². The Kier molecular flexibility index (Phi) is 10.1. The van der Waals surface area contributed by atoms with E-state index in [1.165, 1.54) is 14.2 Å². The molecule has 106 valence electrons. The van der Waals surface area contributed by atoms with Crippen LogP contribution in [0, 0.1) is 0 Å². The maximum Gasteiger partial charge on any atom is 0.332 e. The quantitative estimate of drug-likeness (QED) is 0.254. The summed E-state index contributed by atoms with van der Waals surface area (Å²) < 4.78 is 47.8. The number of rotatable bonds is 10. The molecule has 18 heavy (non-hydrogen) atoms. The van der Waals surface area contributed by atoms with E-state index < -0.39 is 24.4 Å². The smallest absolute Gasteiger partial charge is 0.332 e. The van der Waals surface area contributed by atoms with Gasteiger partial charge in [-0.05, 0) is 0 Å². The predicted molar refractivity (Wildman–Crippen MR) is 55.9 cm³/mol. The first kappa shape index (κ1) is 16.8. The topological polar surface area (TPSA) is 63.2 Å². The van der Waals surface area contributed by atoms with E-state index in [9.17, 15) is 13.6 Å². The zero-order chi connectivity index (χ0) is 13.8. The van der Waals surface area contributed by atoms with Crippen molar-refractivity contribution in [3.05, 3.63) is 11.8 Å². The highest BCUT2D eigenvalue weighted by Crippen LogP contribution is 2.10. The Bertz CT molecular complexity index is 265. The number of hydrogen-bond acceptors (Lipinski definition) is 6. The van der Waals surface area contributed by atoms with E-state index in [2.05, 4.69) is 18.9 Å². The van der Waals surface area contributed by atoms with E-state index in [4.69, 9.17) is 4.74 Å². The first-order valence-corrected chi connectivity index (χ1v) is 5.00. The number of hydrogen-bond donors (Lipinski definition) is 0. The van der Waals surface area contributed by atoms with E-state index in [1.807, 2.05) is 0 Å². The van der Waals surface area contributed by atoms with Crippen molar-refractivity contribution in [3.63, 3.8) is 0 Å². The predicted octanol–water partition coefficient (Wildman–Crippen LogP) is 0.921. The van der Waals surface area contributed by atoms with Crippen molar-refractivity contribution < 1.29 is 37.3 Å². The standard InChI is InChI=1S/C10H16F2O6/c1-14-3-4-16-7-18-8(10(11)12)5-17-9(13)6-15-2/h3-7H2,1-2H3. The summed E-state index contributed by atoms with van der Waals surface area (Å²) in [6.45, 7) is -0.827. The largest absolute Gasteiger partial charge is 0.463 e. The van der Waals surface area contributed by atoms with Crippen molar-refractivity contribution in [2.75, 3.05) is 47.4 Å². The summed E-state index contributed by atoms with van der Waals surface area (Å²) in [5.74, 6) is -1.52. The molecule has 0 spiro atoms. The van der Waals surface area contributed by atoms with Crippen LogP contribution in [0.25, 0.3) is 0 Å². The van der Waals surface area contributed by atoms with Crippen LogP contribution in [-0.2, 0) is 28.5 Å². The molecule has 0 aromatic rings. The summed E-state index contributed by atoms with van der Waals surface area (Å²) in [5.41, 5.74) is 0. The summed E-state index contributed by atoms with van der Waals surface area (Å²) in [6, 6.07) is 0. The minimum absolute atomic E-state index is 0.209. The van der Waals surface area contributed by atoms with E-state index in [0.717, 1.165) is 0 Å². The summed E-state index contributed by atoms with van der Waals surface area (Å²) in [5, 5.41) is 0. The molecule has 0 N–H and O–H groups in total. The Morgan fingerprint density at radius 3 is 2.28 bits per heavy atom. The van der Waals surface area contributed by atoms with Crippen molar-refractivity contribution in [3.8, 4) is 0 Å². The zero-order valence-electron chi connectivity index (χ0n) is 10.2. The van der Waals surface area contributed by atoms with Crippen LogP contribution >= 0.6 is 0 Å². The van der Waals surface area contributed by atoms with Gasteiger partial charge in [0.25, 0.3) is 0 Å². The molecule has 0 aliphatic heterocycles. The molecule has 0 aromatic carbocycles. The Morgan fingerprint density at radius 2 is 1.72 bits per heavy atom. The molecule has 0 heterocycles. The molecular weight excluding hydrogens is 254 g/mol. The first-order valence-electron chi connectivity index (χ1n) is 5.00. The third kappa shape index (κ3) is 8.85. The fourth-order valence-electron chi connectivity index (χ4n) is 0.770. The van der Waals surface area contributed by atoms with Crippen LogP contribution in [0.4, 0.5) is 8.78 Å². The highest BCUT2D eigenvalue weighted by molar-refractivity contribution is 5.70. The van der Waals surface area contributed by atoms with Crippen LogP contribution in [0.5, 0.6) is 0 Å². The minimum atomic E-state index is -2.07. The van der Waals surface area contributed by atoms with E-state index >= 15 is 0 Å². The van der Waals surface area contributed by atoms with Gasteiger partial charge in [0.05, 0.1) is 13.2 Å². The number of halogens is 2. The second-order valence-electron chi connectivity index (χ2n) is 2.94. The van der Waals surface area contributed by atoms with Gasteiger partial charge >= 0.3 is 12.0 Å². The van der Waals surface area contributed by atoms with Crippen LogP contribution in [0.1, 0.15) is 0 Å². The van der Waals surface area contributed by atoms with Gasteiger partial charge in [-0.15, -0.1) is 0 Å². The molecule has 0 unspecified atom stereocenters. The number of ether oxygens (including phenoxy) is 5. The highest BCUT2D eigenvalue weighted by atomic mass is 19.3. The van der Waals surface area contributed by atoms with E-state index in [0.29, 0.717) is 6.61 Å². The van der Waals surface area contributed by atoms with E-state index in [-0.39, 0.29) is 20.0 Å². The van der Waals surface area contributed by atoms with Crippen LogP contribution in [0.15, 0.2) is 11.8 Å². The van der Waals surface area contributed by atoms with Gasteiger partial charge < -0.3 is 23.7 Å². The maximum absolute atomic E-state index is 12.4. The van der Waals surface area contributed by atoms with Crippen LogP contribution in [0.3, 0.4) is 0 Å². The molecule has 0 aliphatic rings. The Labute approximate surface area is 103 Å². The lowest BCUT2D eigenvalue weighted by Crippen LogP contribution is -2.15. The van der Waals surface area contributed by atoms with Gasteiger partial charge in [0.2, 0.25) is 5.76 Å². The van der Waals surface area contributed by atoms with E-state index in [1.54, 1.807) is 0 Å². The van der Waals surface area contributed by atoms with Crippen molar-refractivity contribution in [1.82, 2.24) is 0 Å². The average Bonchev–Trinajstić information content (AvgIpc) is 2.32. The average molecular weight is 270 g/mol. The second-order valence-corrected chi connectivity index (χ2v) is 2.94. The van der Waals surface area contributed by atoms with Gasteiger partial charge in [0.1, 0.15) is 6.61 Å². The van der Waals surface area contributed by atoms with Crippen LogP contribution < -0.4 is 0 Å². The molecule has 0 bridgehead atoms. The summed E-state index contributed by atoms with van der Waals surface area (Å²) in [6.07, 6.45) is -2.07. The van der Waals surface area contributed by atoms with Gasteiger partial charge in [-0.2, -0.15) is 8.78 Å². The minimum Gasteiger partial charge on any atom is -0.463 e. The molecule has 0 aliphatic carbocycles. The van der Waals surface area contributed by atoms with Gasteiger partial charge in [-0.3, -0.25) is 0 Å². The Balaban J connectivity index is 3.88. The summed E-state index contributed by atoms with van der Waals surface area (Å²) in [7, 11) is 2.76. The molecule has 0 radical (unpaired) electrons. The first-order chi connectivity index (χ1) is 8.61. The molecule has 0 saturated heterocycles. The number of carbonyl (C=O) groups excluding carboxylic acids is 1. The van der Waals surface area contributed by atoms with Crippen molar-refractivity contribution >= 4 is 5.97 Å². The molecule has 0 fully saturated rings. The lowest BCUT2D eigenvalue weighted by molar-refractivity contribution is -0.148. The normalized spacial score (nSPS) is 10.0. The third-order valence-electron chi connectivity index (χ3n) is 1.59. The second kappa shape index (κ2) is 10.9. The molecule has 0 atom stereocenters. The molecule has 0 rings (SSSR count). The molecule has 0 saturated carbocycles. The van der Waals surface area contributed by atoms with Crippen molar-refractivity contribution in [2.24, 2.45) is 0 Å². The fourth-order valence-corrected chi connectivity index (χ4v) is 0.770. The fraction of sp³-hybridized carbons (Fsp3) is 0.700. The lowest BCUT2D eigenvalue weighted by Gasteiger charge is -2.10. The summed E-state index contributed by atoms with van der Waals surface area (Å²) >= 11 is 0.